The summed E-state index contributed by atoms with van der Waals surface area (Å²) in [5, 5.41) is 5.26. The summed E-state index contributed by atoms with van der Waals surface area (Å²) in [5.41, 5.74) is 0.629. The molecule has 1 heterocycles. The lowest BCUT2D eigenvalue weighted by molar-refractivity contribution is -0.111. The molecule has 18 heavy (non-hydrogen) atoms. The number of nitrogens with one attached hydrogen (secondary N) is 1. The van der Waals surface area contributed by atoms with Crippen LogP contribution < -0.4 is 5.32 Å². The molecule has 1 N–H and O–H groups in total. The molecule has 0 saturated heterocycles. The van der Waals surface area contributed by atoms with Crippen LogP contribution >= 0.6 is 45.5 Å². The number of anilines is 1. The predicted octanol–water partition coefficient (Wildman–Crippen LogP) is 4.66. The van der Waals surface area contributed by atoms with E-state index in [0.29, 0.717) is 10.7 Å². The van der Waals surface area contributed by atoms with E-state index in [1.807, 2.05) is 29.6 Å². The Balaban J connectivity index is 2.05. The largest absolute Gasteiger partial charge is 0.321 e. The first-order chi connectivity index (χ1) is 8.65. The Labute approximate surface area is 128 Å². The van der Waals surface area contributed by atoms with Crippen molar-refractivity contribution >= 4 is 63.2 Å². The van der Waals surface area contributed by atoms with Crippen LogP contribution in [-0.4, -0.2) is 5.91 Å². The SMILES string of the molecule is O=C(/C=C/c1cccs1)Nc1cc(I)ccc1Cl. The average Bonchev–Trinajstić information content (AvgIpc) is 2.84. The van der Waals surface area contributed by atoms with E-state index in [1.54, 1.807) is 23.5 Å². The predicted molar refractivity (Wildman–Crippen MR) is 86.2 cm³/mol. The van der Waals surface area contributed by atoms with E-state index in [9.17, 15) is 4.79 Å². The summed E-state index contributed by atoms with van der Waals surface area (Å²) in [4.78, 5) is 12.8. The molecule has 2 aromatic rings. The molecule has 0 unspecified atom stereocenters. The van der Waals surface area contributed by atoms with E-state index in [-0.39, 0.29) is 5.91 Å². The van der Waals surface area contributed by atoms with Gasteiger partial charge in [0.1, 0.15) is 0 Å². The molecule has 0 aliphatic heterocycles. The van der Waals surface area contributed by atoms with Gasteiger partial charge in [-0.05, 0) is 58.3 Å². The molecule has 1 aromatic heterocycles. The Kier molecular flexibility index (Phi) is 4.79. The molecule has 1 aromatic carbocycles. The summed E-state index contributed by atoms with van der Waals surface area (Å²) in [6, 6.07) is 9.38. The van der Waals surface area contributed by atoms with Crippen LogP contribution in [0.3, 0.4) is 0 Å². The summed E-state index contributed by atoms with van der Waals surface area (Å²) >= 11 is 9.76. The van der Waals surface area contributed by atoms with Crippen molar-refractivity contribution in [2.75, 3.05) is 5.32 Å². The third kappa shape index (κ3) is 3.83. The van der Waals surface area contributed by atoms with E-state index in [0.717, 1.165) is 8.45 Å². The molecule has 0 fully saturated rings. The molecule has 0 atom stereocenters. The smallest absolute Gasteiger partial charge is 0.248 e. The molecule has 2 rings (SSSR count). The van der Waals surface area contributed by atoms with Crippen molar-refractivity contribution in [2.24, 2.45) is 0 Å². The van der Waals surface area contributed by atoms with Crippen LogP contribution in [0.25, 0.3) is 6.08 Å². The number of benzene rings is 1. The number of rotatable bonds is 3. The minimum atomic E-state index is -0.188. The molecule has 0 spiro atoms. The molecule has 2 nitrogen and oxygen atoms in total. The van der Waals surface area contributed by atoms with Crippen molar-refractivity contribution < 1.29 is 4.79 Å². The second kappa shape index (κ2) is 6.36. The Morgan fingerprint density at radius 1 is 1.39 bits per heavy atom. The number of amides is 1. The van der Waals surface area contributed by atoms with Crippen LogP contribution in [0.5, 0.6) is 0 Å². The van der Waals surface area contributed by atoms with Gasteiger partial charge in [-0.15, -0.1) is 11.3 Å². The van der Waals surface area contributed by atoms with Crippen LogP contribution in [0, 0.1) is 3.57 Å². The monoisotopic (exact) mass is 389 g/mol. The van der Waals surface area contributed by atoms with Crippen molar-refractivity contribution in [2.45, 2.75) is 0 Å². The topological polar surface area (TPSA) is 29.1 Å². The Morgan fingerprint density at radius 2 is 2.22 bits per heavy atom. The minimum Gasteiger partial charge on any atom is -0.321 e. The van der Waals surface area contributed by atoms with Gasteiger partial charge in [0.2, 0.25) is 5.91 Å². The van der Waals surface area contributed by atoms with Gasteiger partial charge in [-0.25, -0.2) is 0 Å². The fraction of sp³-hybridized carbons (Fsp3) is 0. The van der Waals surface area contributed by atoms with Crippen molar-refractivity contribution in [1.82, 2.24) is 0 Å². The van der Waals surface area contributed by atoms with E-state index in [2.05, 4.69) is 27.9 Å². The maximum atomic E-state index is 11.7. The van der Waals surface area contributed by atoms with Crippen molar-refractivity contribution in [1.29, 1.82) is 0 Å². The quantitative estimate of drug-likeness (QED) is 0.600. The van der Waals surface area contributed by atoms with E-state index in [1.165, 1.54) is 6.08 Å². The van der Waals surface area contributed by atoms with Crippen LogP contribution in [0.1, 0.15) is 4.88 Å². The fourth-order valence-electron chi connectivity index (χ4n) is 1.31. The molecule has 0 radical (unpaired) electrons. The highest BCUT2D eigenvalue weighted by atomic mass is 127. The molecule has 0 aliphatic rings. The van der Waals surface area contributed by atoms with E-state index >= 15 is 0 Å². The van der Waals surface area contributed by atoms with Crippen LogP contribution in [0.2, 0.25) is 5.02 Å². The number of carbonyl (C=O) groups excluding carboxylic acids is 1. The zero-order valence-corrected chi connectivity index (χ0v) is 12.9. The van der Waals surface area contributed by atoms with Gasteiger partial charge in [-0.2, -0.15) is 0 Å². The standard InChI is InChI=1S/C13H9ClINOS/c14-11-5-3-9(15)8-12(11)16-13(17)6-4-10-2-1-7-18-10/h1-8H,(H,16,17)/b6-4+. The third-order valence-corrected chi connectivity index (χ3v) is 3.97. The number of hydrogen-bond acceptors (Lipinski definition) is 2. The maximum Gasteiger partial charge on any atom is 0.248 e. The molecule has 0 saturated carbocycles. The zero-order chi connectivity index (χ0) is 13.0. The minimum absolute atomic E-state index is 0.188. The summed E-state index contributed by atoms with van der Waals surface area (Å²) in [6.45, 7) is 0. The highest BCUT2D eigenvalue weighted by Gasteiger charge is 2.03. The van der Waals surface area contributed by atoms with Gasteiger partial charge in [0.05, 0.1) is 10.7 Å². The van der Waals surface area contributed by atoms with Gasteiger partial charge in [0.25, 0.3) is 0 Å². The average molecular weight is 390 g/mol. The maximum absolute atomic E-state index is 11.7. The van der Waals surface area contributed by atoms with Gasteiger partial charge in [-0.3, -0.25) is 4.79 Å². The molecule has 1 amide bonds. The normalized spacial score (nSPS) is 10.8. The van der Waals surface area contributed by atoms with Crippen molar-refractivity contribution in [3.05, 3.63) is 55.3 Å². The zero-order valence-electron chi connectivity index (χ0n) is 9.19. The lowest BCUT2D eigenvalue weighted by Crippen LogP contribution is -2.08. The number of carbonyl (C=O) groups is 1. The van der Waals surface area contributed by atoms with Crippen molar-refractivity contribution in [3.63, 3.8) is 0 Å². The molecule has 0 aliphatic carbocycles. The number of halogens is 2. The fourth-order valence-corrected chi connectivity index (χ4v) is 2.59. The highest BCUT2D eigenvalue weighted by molar-refractivity contribution is 14.1. The van der Waals surface area contributed by atoms with Gasteiger partial charge < -0.3 is 5.32 Å². The summed E-state index contributed by atoms with van der Waals surface area (Å²) < 4.78 is 1.02. The van der Waals surface area contributed by atoms with Gasteiger partial charge >= 0.3 is 0 Å². The second-order valence-corrected chi connectivity index (χ2v) is 6.09. The summed E-state index contributed by atoms with van der Waals surface area (Å²) in [6.07, 6.45) is 3.28. The Morgan fingerprint density at radius 3 is 2.94 bits per heavy atom. The van der Waals surface area contributed by atoms with Gasteiger partial charge in [-0.1, -0.05) is 17.7 Å². The lowest BCUT2D eigenvalue weighted by Gasteiger charge is -2.05. The van der Waals surface area contributed by atoms with Gasteiger partial charge in [0, 0.05) is 14.5 Å². The molecular formula is C13H9ClINOS. The first kappa shape index (κ1) is 13.6. The van der Waals surface area contributed by atoms with E-state index < -0.39 is 0 Å². The summed E-state index contributed by atoms with van der Waals surface area (Å²) in [5.74, 6) is -0.188. The molecule has 0 bridgehead atoms. The van der Waals surface area contributed by atoms with Crippen LogP contribution in [0.15, 0.2) is 41.8 Å². The lowest BCUT2D eigenvalue weighted by atomic mass is 10.3. The molecule has 5 heteroatoms. The first-order valence-corrected chi connectivity index (χ1v) is 7.46. The van der Waals surface area contributed by atoms with Crippen LogP contribution in [0.4, 0.5) is 5.69 Å². The third-order valence-electron chi connectivity index (χ3n) is 2.13. The number of thiophene rings is 1. The van der Waals surface area contributed by atoms with Gasteiger partial charge in [0.15, 0.2) is 0 Å². The van der Waals surface area contributed by atoms with Crippen molar-refractivity contribution in [3.8, 4) is 0 Å². The number of hydrogen-bond donors (Lipinski definition) is 1. The van der Waals surface area contributed by atoms with Crippen LogP contribution in [-0.2, 0) is 4.79 Å². The first-order valence-electron chi connectivity index (χ1n) is 5.13. The molecule has 92 valence electrons. The second-order valence-electron chi connectivity index (χ2n) is 3.46. The molecular weight excluding hydrogens is 381 g/mol. The Hall–Kier alpha value is -0.850. The summed E-state index contributed by atoms with van der Waals surface area (Å²) in [7, 11) is 0. The Bertz CT molecular complexity index is 581. The van der Waals surface area contributed by atoms with E-state index in [4.69, 9.17) is 11.6 Å². The highest BCUT2D eigenvalue weighted by Crippen LogP contribution is 2.23.